The van der Waals surface area contributed by atoms with Crippen molar-refractivity contribution in [3.8, 4) is 66.8 Å². The fourth-order valence-corrected chi connectivity index (χ4v) is 11.3. The van der Waals surface area contributed by atoms with Crippen LogP contribution in [0.2, 0.25) is 0 Å². The van der Waals surface area contributed by atoms with Crippen LogP contribution in [0.4, 0.5) is 0 Å². The predicted octanol–water partition coefficient (Wildman–Crippen LogP) is 17.0. The van der Waals surface area contributed by atoms with Gasteiger partial charge in [-0.25, -0.2) is 0 Å². The molecule has 59 heavy (non-hydrogen) atoms. The predicted molar refractivity (Wildman–Crippen MR) is 256 cm³/mol. The maximum absolute atomic E-state index is 2.43. The summed E-state index contributed by atoms with van der Waals surface area (Å²) in [4.78, 5) is 0. The number of thiophene rings is 1. The van der Waals surface area contributed by atoms with Crippen LogP contribution in [0.3, 0.4) is 0 Å². The normalized spacial score (nSPS) is 12.1. The molecule has 0 N–H and O–H groups in total. The lowest BCUT2D eigenvalue weighted by Crippen LogP contribution is -1.91. The minimum atomic E-state index is 1.21. The van der Waals surface area contributed by atoms with Crippen molar-refractivity contribution in [3.05, 3.63) is 206 Å². The molecule has 0 spiro atoms. The van der Waals surface area contributed by atoms with Gasteiger partial charge in [0.25, 0.3) is 0 Å². The Kier molecular flexibility index (Phi) is 6.98. The first-order valence-corrected chi connectivity index (χ1v) is 21.2. The zero-order valence-corrected chi connectivity index (χ0v) is 32.9. The van der Waals surface area contributed by atoms with E-state index in [9.17, 15) is 0 Å². The van der Waals surface area contributed by atoms with Gasteiger partial charge < -0.3 is 0 Å². The van der Waals surface area contributed by atoms with Gasteiger partial charge in [-0.1, -0.05) is 182 Å². The molecule has 0 fully saturated rings. The third kappa shape index (κ3) is 4.83. The molecule has 0 atom stereocenters. The van der Waals surface area contributed by atoms with E-state index < -0.39 is 0 Å². The summed E-state index contributed by atoms with van der Waals surface area (Å²) < 4.78 is 2.66. The van der Waals surface area contributed by atoms with Crippen molar-refractivity contribution in [2.24, 2.45) is 0 Å². The van der Waals surface area contributed by atoms with Gasteiger partial charge in [0.1, 0.15) is 0 Å². The Hall–Kier alpha value is -7.32. The molecule has 0 aliphatic heterocycles. The maximum Gasteiger partial charge on any atom is 0.0361 e. The second-order valence-corrected chi connectivity index (χ2v) is 17.0. The molecule has 1 heteroatoms. The lowest BCUT2D eigenvalue weighted by Gasteiger charge is -2.18. The standard InChI is InChI=1S/C58H34S/c1-2-13-38-34-55-53(32-37(38)12-1)52-33-39(28-31-54(52)59-55)57-49-20-9-7-18-47(49)56(48-19-8-10-21-50(48)57)36-26-24-35(25-27-36)40-14-3-4-15-41(40)44-29-30-51-43-17-6-5-16-42(43)45-22-11-23-46(44)58(45)51/h1-34H. The van der Waals surface area contributed by atoms with Gasteiger partial charge >= 0.3 is 0 Å². The summed E-state index contributed by atoms with van der Waals surface area (Å²) in [5, 5.41) is 13.0. The van der Waals surface area contributed by atoms with Crippen LogP contribution in [0.25, 0.3) is 130 Å². The van der Waals surface area contributed by atoms with Crippen LogP contribution in [0.15, 0.2) is 206 Å². The van der Waals surface area contributed by atoms with E-state index in [1.165, 1.54) is 130 Å². The lowest BCUT2D eigenvalue weighted by molar-refractivity contribution is 1.59. The van der Waals surface area contributed by atoms with Gasteiger partial charge in [-0.15, -0.1) is 11.3 Å². The van der Waals surface area contributed by atoms with Crippen LogP contribution in [-0.2, 0) is 0 Å². The number of hydrogen-bond donors (Lipinski definition) is 0. The summed E-state index contributed by atoms with van der Waals surface area (Å²) in [6.45, 7) is 0. The van der Waals surface area contributed by atoms with E-state index in [4.69, 9.17) is 0 Å². The number of fused-ring (bicyclic) bond motifs is 9. The van der Waals surface area contributed by atoms with Crippen molar-refractivity contribution in [2.45, 2.75) is 0 Å². The topological polar surface area (TPSA) is 0 Å². The fourth-order valence-electron chi connectivity index (χ4n) is 10.2. The summed E-state index contributed by atoms with van der Waals surface area (Å²) in [5.41, 5.74) is 15.3. The Balaban J connectivity index is 0.953. The van der Waals surface area contributed by atoms with Crippen LogP contribution < -0.4 is 0 Å². The van der Waals surface area contributed by atoms with Crippen molar-refractivity contribution >= 4 is 74.6 Å². The van der Waals surface area contributed by atoms with E-state index >= 15 is 0 Å². The van der Waals surface area contributed by atoms with E-state index in [-0.39, 0.29) is 0 Å². The third-order valence-electron chi connectivity index (χ3n) is 12.8. The molecule has 11 aromatic carbocycles. The molecule has 1 aliphatic carbocycles. The zero-order chi connectivity index (χ0) is 38.6. The molecule has 0 amide bonds. The first-order valence-electron chi connectivity index (χ1n) is 20.4. The van der Waals surface area contributed by atoms with Crippen molar-refractivity contribution in [2.75, 3.05) is 0 Å². The van der Waals surface area contributed by atoms with Crippen molar-refractivity contribution in [1.82, 2.24) is 0 Å². The number of rotatable bonds is 4. The molecule has 13 rings (SSSR count). The quantitative estimate of drug-likeness (QED) is 0.157. The summed E-state index contributed by atoms with van der Waals surface area (Å²) >= 11 is 1.89. The van der Waals surface area contributed by atoms with E-state index in [0.717, 1.165) is 0 Å². The first kappa shape index (κ1) is 32.7. The van der Waals surface area contributed by atoms with Gasteiger partial charge in [-0.3, -0.25) is 0 Å². The van der Waals surface area contributed by atoms with E-state index in [1.54, 1.807) is 0 Å². The van der Waals surface area contributed by atoms with E-state index in [2.05, 4.69) is 206 Å². The molecule has 0 saturated carbocycles. The highest BCUT2D eigenvalue weighted by atomic mass is 32.1. The van der Waals surface area contributed by atoms with Gasteiger partial charge in [0.15, 0.2) is 0 Å². The van der Waals surface area contributed by atoms with Crippen molar-refractivity contribution < 1.29 is 0 Å². The Morgan fingerprint density at radius 2 is 0.695 bits per heavy atom. The van der Waals surface area contributed by atoms with Crippen LogP contribution in [0.5, 0.6) is 0 Å². The van der Waals surface area contributed by atoms with Crippen LogP contribution >= 0.6 is 11.3 Å². The second-order valence-electron chi connectivity index (χ2n) is 15.9. The summed E-state index contributed by atoms with van der Waals surface area (Å²) in [6, 6.07) is 77.0. The molecule has 12 aromatic rings. The fraction of sp³-hybridized carbons (Fsp3) is 0. The van der Waals surface area contributed by atoms with Crippen LogP contribution in [-0.4, -0.2) is 0 Å². The van der Waals surface area contributed by atoms with E-state index in [1.807, 2.05) is 11.3 Å². The second kappa shape index (κ2) is 12.6. The van der Waals surface area contributed by atoms with Crippen LogP contribution in [0.1, 0.15) is 0 Å². The summed E-state index contributed by atoms with van der Waals surface area (Å²) in [7, 11) is 0. The molecule has 0 nitrogen and oxygen atoms in total. The molecule has 0 bridgehead atoms. The minimum Gasteiger partial charge on any atom is -0.135 e. The maximum atomic E-state index is 2.43. The zero-order valence-electron chi connectivity index (χ0n) is 32.0. The molecule has 0 unspecified atom stereocenters. The molecule has 1 aliphatic rings. The van der Waals surface area contributed by atoms with Crippen molar-refractivity contribution in [1.29, 1.82) is 0 Å². The average molecular weight is 763 g/mol. The Bertz CT molecular complexity index is 3630. The Morgan fingerprint density at radius 1 is 0.237 bits per heavy atom. The van der Waals surface area contributed by atoms with E-state index in [0.29, 0.717) is 0 Å². The minimum absolute atomic E-state index is 1.21. The Morgan fingerprint density at radius 3 is 1.37 bits per heavy atom. The monoisotopic (exact) mass is 762 g/mol. The van der Waals surface area contributed by atoms with Crippen LogP contribution in [0, 0.1) is 0 Å². The third-order valence-corrected chi connectivity index (χ3v) is 13.9. The first-order chi connectivity index (χ1) is 29.3. The Labute approximate surface area is 345 Å². The number of hydrogen-bond acceptors (Lipinski definition) is 1. The molecule has 272 valence electrons. The van der Waals surface area contributed by atoms with Gasteiger partial charge in [-0.05, 0) is 134 Å². The van der Waals surface area contributed by atoms with Gasteiger partial charge in [0.2, 0.25) is 0 Å². The number of benzene rings is 11. The lowest BCUT2D eigenvalue weighted by atomic mass is 9.85. The molecular weight excluding hydrogens is 729 g/mol. The highest BCUT2D eigenvalue weighted by molar-refractivity contribution is 7.25. The molecule has 1 aromatic heterocycles. The molecule has 0 radical (unpaired) electrons. The molecule has 1 heterocycles. The molecular formula is C58H34S. The SMILES string of the molecule is c1ccc(-c2ccc3c4c(cccc24)-c2ccccc2-3)c(-c2ccc(-c3c4ccccc4c(-c4ccc5sc6cc7ccccc7cc6c5c4)c4ccccc34)cc2)c1. The average Bonchev–Trinajstić information content (AvgIpc) is 3.83. The van der Waals surface area contributed by atoms with Crippen molar-refractivity contribution in [3.63, 3.8) is 0 Å². The summed E-state index contributed by atoms with van der Waals surface area (Å²) in [6.07, 6.45) is 0. The van der Waals surface area contributed by atoms with Gasteiger partial charge in [-0.2, -0.15) is 0 Å². The van der Waals surface area contributed by atoms with Gasteiger partial charge in [0.05, 0.1) is 0 Å². The highest BCUT2D eigenvalue weighted by Crippen LogP contribution is 2.51. The largest absolute Gasteiger partial charge is 0.135 e. The highest BCUT2D eigenvalue weighted by Gasteiger charge is 2.23. The molecule has 0 saturated heterocycles. The smallest absolute Gasteiger partial charge is 0.0361 e. The summed E-state index contributed by atoms with van der Waals surface area (Å²) in [5.74, 6) is 0. The van der Waals surface area contributed by atoms with Gasteiger partial charge in [0, 0.05) is 20.2 Å².